The van der Waals surface area contributed by atoms with E-state index in [4.69, 9.17) is 23.2 Å². The smallest absolute Gasteiger partial charge is 0.545 e. The van der Waals surface area contributed by atoms with E-state index in [1.165, 1.54) is 36.4 Å². The molecule has 0 heterocycles. The van der Waals surface area contributed by atoms with E-state index >= 15 is 0 Å². The van der Waals surface area contributed by atoms with Crippen molar-refractivity contribution < 1.29 is 46.9 Å². The van der Waals surface area contributed by atoms with Gasteiger partial charge in [-0.2, -0.15) is 37.3 Å². The number of carboxylic acid groups (broad SMARTS) is 2. The van der Waals surface area contributed by atoms with E-state index < -0.39 is 67.2 Å². The van der Waals surface area contributed by atoms with Gasteiger partial charge < -0.3 is 30.0 Å². The van der Waals surface area contributed by atoms with Crippen LogP contribution < -0.4 is 10.2 Å². The molecule has 14 nitrogen and oxygen atoms in total. The summed E-state index contributed by atoms with van der Waals surface area (Å²) < 4.78 is 45.8. The maximum atomic E-state index is 11.5. The molecule has 4 aromatic rings. The molecule has 0 amide bonds. The number of benzene rings is 4. The third-order valence-electron chi connectivity index (χ3n) is 8.04. The van der Waals surface area contributed by atoms with E-state index in [1.807, 2.05) is 0 Å². The molecule has 276 valence electrons. The summed E-state index contributed by atoms with van der Waals surface area (Å²) in [7, 11) is -5.11. The van der Waals surface area contributed by atoms with Gasteiger partial charge in [-0.3, -0.25) is 0 Å². The fourth-order valence-electron chi connectivity index (χ4n) is 5.30. The second-order valence-corrected chi connectivity index (χ2v) is 14.2. The van der Waals surface area contributed by atoms with Crippen LogP contribution in [0.2, 0.25) is 0 Å². The van der Waals surface area contributed by atoms with Crippen molar-refractivity contribution in [1.29, 1.82) is 0 Å². The number of phenols is 2. The largest absolute Gasteiger partial charge is 2.00 e. The third kappa shape index (κ3) is 9.72. The number of aromatic carboxylic acids is 2. The van der Waals surface area contributed by atoms with Crippen LogP contribution in [0.3, 0.4) is 0 Å². The normalized spacial score (nSPS) is 16.8. The zero-order chi connectivity index (χ0) is 39.4. The maximum absolute atomic E-state index is 11.5. The number of hydrogen-bond donors (Lipinski definition) is 2. The van der Waals surface area contributed by atoms with Crippen molar-refractivity contribution in [3.63, 3.8) is 0 Å². The Kier molecular flexibility index (Phi) is 14.6. The third-order valence-corrected chi connectivity index (χ3v) is 10.4. The number of carbonyl (C=O) groups is 2. The van der Waals surface area contributed by atoms with Crippen LogP contribution in [0.1, 0.15) is 34.6 Å². The van der Waals surface area contributed by atoms with Crippen molar-refractivity contribution in [1.82, 2.24) is 0 Å². The van der Waals surface area contributed by atoms with Crippen LogP contribution in [-0.2, 0) is 20.6 Å². The second kappa shape index (κ2) is 18.5. The first-order chi connectivity index (χ1) is 25.6. The number of rotatable bonds is 6. The van der Waals surface area contributed by atoms with Crippen molar-refractivity contribution in [2.45, 2.75) is 25.9 Å². The molecule has 0 saturated carbocycles. The zero-order valence-corrected chi connectivity index (χ0v) is 36.1. The molecule has 2 atom stereocenters. The molecule has 0 aromatic heterocycles. The van der Waals surface area contributed by atoms with Gasteiger partial charge in [-0.1, -0.05) is 71.7 Å². The SMILES string of the molecule is CC1=CC(=S(=O)=O)C(N=Nc2c(O)c(C(=O)[O-])cc3ccccc23)C=C1Cl.CC1=CC(=S(=O)=O)C(N=Nc2c(O)c(C(=O)[O-])cc3ccccc23)C=C1Cl.[Ba+2]. The van der Waals surface area contributed by atoms with E-state index in [-0.39, 0.29) is 70.0 Å². The molecule has 6 rings (SSSR count). The van der Waals surface area contributed by atoms with Gasteiger partial charge in [-0.25, -0.2) is 0 Å². The summed E-state index contributed by atoms with van der Waals surface area (Å²) in [5.74, 6) is -4.36. The summed E-state index contributed by atoms with van der Waals surface area (Å²) in [4.78, 5) is 22.5. The first-order valence-electron chi connectivity index (χ1n) is 15.4. The quantitative estimate of drug-likeness (QED) is 0.155. The molecule has 0 aliphatic heterocycles. The van der Waals surface area contributed by atoms with Crippen LogP contribution in [0.25, 0.3) is 21.5 Å². The molecule has 0 spiro atoms. The molecule has 0 fully saturated rings. The van der Waals surface area contributed by atoms with Gasteiger partial charge in [0.2, 0.25) is 20.6 Å². The standard InChI is InChI=1S/2C18H13ClN2O5S.Ba/c2*1-9-6-15(27(25)26)14(8-13(9)19)20-21-16-11-5-3-2-4-10(11)7-12(17(16)22)18(23)24;/h2*2-8,14,22H,1H3,(H,23,24);/q;;+2/p-2. The van der Waals surface area contributed by atoms with E-state index in [0.717, 1.165) is 0 Å². The van der Waals surface area contributed by atoms with Crippen LogP contribution >= 0.6 is 23.2 Å². The molecule has 2 aliphatic carbocycles. The van der Waals surface area contributed by atoms with E-state index in [0.29, 0.717) is 42.8 Å². The Bertz CT molecular complexity index is 2570. The topological polar surface area (TPSA) is 238 Å². The monoisotopic (exact) mass is 944 g/mol. The zero-order valence-electron chi connectivity index (χ0n) is 28.5. The number of carbonyl (C=O) groups excluding carboxylic acids is 2. The fraction of sp³-hybridized carbons (Fsp3) is 0.111. The predicted octanol–water partition coefficient (Wildman–Crippen LogP) is 4.61. The molecule has 19 heteroatoms. The number of aromatic hydroxyl groups is 2. The average Bonchev–Trinajstić information content (AvgIpc) is 3.12. The Labute approximate surface area is 365 Å². The van der Waals surface area contributed by atoms with Gasteiger partial charge in [0.25, 0.3) is 0 Å². The Morgan fingerprint density at radius 1 is 0.655 bits per heavy atom. The molecule has 2 unspecified atom stereocenters. The van der Waals surface area contributed by atoms with Gasteiger partial charge in [0.15, 0.2) is 11.5 Å². The first kappa shape index (κ1) is 43.4. The molecule has 55 heavy (non-hydrogen) atoms. The molecule has 4 aromatic carbocycles. The Balaban J connectivity index is 0.000000240. The predicted molar refractivity (Wildman–Crippen MR) is 205 cm³/mol. The van der Waals surface area contributed by atoms with Gasteiger partial charge in [-0.15, -0.1) is 0 Å². The van der Waals surface area contributed by atoms with E-state index in [1.54, 1.807) is 62.4 Å². The van der Waals surface area contributed by atoms with Crippen LogP contribution in [-0.4, -0.2) is 110 Å². The van der Waals surface area contributed by atoms with Crippen LogP contribution in [0.15, 0.2) is 127 Å². The number of hydrogen-bond acceptors (Lipinski definition) is 14. The van der Waals surface area contributed by atoms with Crippen LogP contribution in [0, 0.1) is 0 Å². The number of nitrogens with zero attached hydrogens (tertiary/aromatic N) is 4. The Morgan fingerprint density at radius 3 is 1.33 bits per heavy atom. The van der Waals surface area contributed by atoms with Gasteiger partial charge >= 0.3 is 48.9 Å². The molecule has 2 aliphatic rings. The summed E-state index contributed by atoms with van der Waals surface area (Å²) >= 11 is 12.1. The number of azo groups is 2. The Hall–Kier alpha value is -4.37. The van der Waals surface area contributed by atoms with Crippen LogP contribution in [0.5, 0.6) is 11.5 Å². The van der Waals surface area contributed by atoms with E-state index in [2.05, 4.69) is 20.5 Å². The number of carboxylic acids is 2. The number of fused-ring (bicyclic) bond motifs is 2. The van der Waals surface area contributed by atoms with Gasteiger partial charge in [0.1, 0.15) is 33.2 Å². The summed E-state index contributed by atoms with van der Waals surface area (Å²) in [5, 5.41) is 61.6. The van der Waals surface area contributed by atoms with Gasteiger partial charge in [0, 0.05) is 32.0 Å². The maximum Gasteiger partial charge on any atom is 2.00 e. The summed E-state index contributed by atoms with van der Waals surface area (Å²) in [6.45, 7) is 3.31. The molecule has 0 radical (unpaired) electrons. The minimum absolute atomic E-state index is 0. The summed E-state index contributed by atoms with van der Waals surface area (Å²) in [6.07, 6.45) is 5.58. The summed E-state index contributed by atoms with van der Waals surface area (Å²) in [6, 6.07) is 13.9. The van der Waals surface area contributed by atoms with Crippen molar-refractivity contribution in [3.05, 3.63) is 117 Å². The molecule has 0 saturated heterocycles. The van der Waals surface area contributed by atoms with Crippen molar-refractivity contribution >= 4 is 147 Å². The second-order valence-electron chi connectivity index (χ2n) is 11.5. The molecular weight excluding hydrogens is 921 g/mol. The molecule has 2 N–H and O–H groups in total. The van der Waals surface area contributed by atoms with Gasteiger partial charge in [0.05, 0.1) is 11.9 Å². The fourth-order valence-corrected chi connectivity index (χ4v) is 6.82. The number of halogens is 2. The van der Waals surface area contributed by atoms with Crippen molar-refractivity contribution in [2.75, 3.05) is 0 Å². The van der Waals surface area contributed by atoms with Crippen molar-refractivity contribution in [3.8, 4) is 11.5 Å². The minimum Gasteiger partial charge on any atom is -0.545 e. The van der Waals surface area contributed by atoms with Crippen molar-refractivity contribution in [2.24, 2.45) is 20.5 Å². The molecular formula is C36H24BaCl2N4O10S2. The average molecular weight is 945 g/mol. The minimum atomic E-state index is -2.55. The van der Waals surface area contributed by atoms with E-state index in [9.17, 15) is 46.9 Å². The first-order valence-corrected chi connectivity index (χ1v) is 18.3. The van der Waals surface area contributed by atoms with Crippen LogP contribution in [0.4, 0.5) is 11.4 Å². The summed E-state index contributed by atoms with van der Waals surface area (Å²) in [5.41, 5.74) is 0.0572. The van der Waals surface area contributed by atoms with Gasteiger partial charge in [-0.05, 0) is 72.2 Å². The number of allylic oxidation sites excluding steroid dienone is 4. The molecule has 0 bridgehead atoms. The Morgan fingerprint density at radius 2 is 1.00 bits per heavy atom.